The minimum absolute atomic E-state index is 0.147. The summed E-state index contributed by atoms with van der Waals surface area (Å²) >= 11 is 0. The van der Waals surface area contributed by atoms with Crippen LogP contribution in [0.1, 0.15) is 19.8 Å². The Balaban J connectivity index is 1.63. The molecule has 0 aromatic heterocycles. The van der Waals surface area contributed by atoms with E-state index in [4.69, 9.17) is 4.74 Å². The summed E-state index contributed by atoms with van der Waals surface area (Å²) in [6.45, 7) is 3.70. The molecule has 1 aliphatic rings. The van der Waals surface area contributed by atoms with Crippen LogP contribution < -0.4 is 20.7 Å². The topological polar surface area (TPSA) is 117 Å². The predicted octanol–water partition coefficient (Wildman–Crippen LogP) is 0.995. The molecule has 0 atom stereocenters. The number of carbonyl (C=O) groups is 2. The van der Waals surface area contributed by atoms with E-state index in [1.54, 1.807) is 24.3 Å². The Kier molecular flexibility index (Phi) is 8.06. The molecular formula is C18H28N4O5S. The average Bonchev–Trinajstić information content (AvgIpc) is 2.66. The summed E-state index contributed by atoms with van der Waals surface area (Å²) < 4.78 is 29.8. The Morgan fingerprint density at radius 1 is 1.14 bits per heavy atom. The molecule has 3 amide bonds. The lowest BCUT2D eigenvalue weighted by Crippen LogP contribution is -2.44. The number of carbonyl (C=O) groups excluding carboxylic acids is 2. The van der Waals surface area contributed by atoms with Crippen molar-refractivity contribution in [2.45, 2.75) is 19.8 Å². The van der Waals surface area contributed by atoms with Crippen molar-refractivity contribution < 1.29 is 22.7 Å². The first-order valence-electron chi connectivity index (χ1n) is 9.27. The van der Waals surface area contributed by atoms with E-state index >= 15 is 0 Å². The maximum atomic E-state index is 11.9. The monoisotopic (exact) mass is 412 g/mol. The number of hydrogen-bond acceptors (Lipinski definition) is 5. The largest absolute Gasteiger partial charge is 0.494 e. The first kappa shape index (κ1) is 22.0. The second kappa shape index (κ2) is 10.3. The SMILES string of the molecule is CCOc1ccc(NC(=O)CNC(=O)NCC2CCN(S(C)(=O)=O)CC2)cc1. The van der Waals surface area contributed by atoms with Gasteiger partial charge >= 0.3 is 6.03 Å². The van der Waals surface area contributed by atoms with Crippen LogP contribution in [0.3, 0.4) is 0 Å². The highest BCUT2D eigenvalue weighted by Crippen LogP contribution is 2.18. The number of ether oxygens (including phenoxy) is 1. The van der Waals surface area contributed by atoms with Gasteiger partial charge in [0.05, 0.1) is 19.4 Å². The third-order valence-corrected chi connectivity index (χ3v) is 5.76. The number of benzene rings is 1. The van der Waals surface area contributed by atoms with Gasteiger partial charge in [-0.2, -0.15) is 0 Å². The second-order valence-corrected chi connectivity index (χ2v) is 8.66. The maximum absolute atomic E-state index is 11.9. The number of hydrogen-bond donors (Lipinski definition) is 3. The molecular weight excluding hydrogens is 384 g/mol. The number of anilines is 1. The van der Waals surface area contributed by atoms with E-state index in [0.717, 1.165) is 5.75 Å². The van der Waals surface area contributed by atoms with E-state index in [-0.39, 0.29) is 18.4 Å². The highest BCUT2D eigenvalue weighted by Gasteiger charge is 2.24. The second-order valence-electron chi connectivity index (χ2n) is 6.67. The number of nitrogens with one attached hydrogen (secondary N) is 3. The normalized spacial score (nSPS) is 15.6. The lowest BCUT2D eigenvalue weighted by atomic mass is 9.98. The predicted molar refractivity (Wildman–Crippen MR) is 107 cm³/mol. The van der Waals surface area contributed by atoms with Crippen molar-refractivity contribution in [3.05, 3.63) is 24.3 Å². The summed E-state index contributed by atoms with van der Waals surface area (Å²) in [6, 6.07) is 6.55. The maximum Gasteiger partial charge on any atom is 0.315 e. The van der Waals surface area contributed by atoms with Gasteiger partial charge in [-0.3, -0.25) is 4.79 Å². The number of piperidine rings is 1. The number of rotatable bonds is 8. The van der Waals surface area contributed by atoms with Crippen molar-refractivity contribution in [3.63, 3.8) is 0 Å². The average molecular weight is 413 g/mol. The van der Waals surface area contributed by atoms with Gasteiger partial charge in [0.15, 0.2) is 0 Å². The fourth-order valence-corrected chi connectivity index (χ4v) is 3.79. The van der Waals surface area contributed by atoms with Crippen molar-refractivity contribution in [3.8, 4) is 5.75 Å². The van der Waals surface area contributed by atoms with Gasteiger partial charge in [-0.05, 0) is 49.9 Å². The molecule has 0 saturated carbocycles. The van der Waals surface area contributed by atoms with Crippen LogP contribution in [0.4, 0.5) is 10.5 Å². The quantitative estimate of drug-likeness (QED) is 0.589. The molecule has 0 unspecified atom stereocenters. The molecule has 0 aliphatic carbocycles. The van der Waals surface area contributed by atoms with E-state index in [1.807, 2.05) is 6.92 Å². The van der Waals surface area contributed by atoms with Crippen LogP contribution in [-0.4, -0.2) is 63.7 Å². The van der Waals surface area contributed by atoms with Crippen LogP contribution in [0.5, 0.6) is 5.75 Å². The van der Waals surface area contributed by atoms with Gasteiger partial charge in [-0.15, -0.1) is 0 Å². The first-order valence-corrected chi connectivity index (χ1v) is 11.1. The number of sulfonamides is 1. The van der Waals surface area contributed by atoms with Crippen LogP contribution in [0.2, 0.25) is 0 Å². The van der Waals surface area contributed by atoms with Crippen molar-refractivity contribution >= 4 is 27.6 Å². The van der Waals surface area contributed by atoms with E-state index in [2.05, 4.69) is 16.0 Å². The van der Waals surface area contributed by atoms with Crippen molar-refractivity contribution in [1.29, 1.82) is 0 Å². The molecule has 156 valence electrons. The molecule has 1 aromatic carbocycles. The first-order chi connectivity index (χ1) is 13.3. The molecule has 28 heavy (non-hydrogen) atoms. The molecule has 1 aliphatic heterocycles. The summed E-state index contributed by atoms with van der Waals surface area (Å²) in [5.74, 6) is 0.613. The smallest absolute Gasteiger partial charge is 0.315 e. The van der Waals surface area contributed by atoms with Crippen molar-refractivity contribution in [2.24, 2.45) is 5.92 Å². The van der Waals surface area contributed by atoms with E-state index in [1.165, 1.54) is 10.6 Å². The molecule has 1 fully saturated rings. The highest BCUT2D eigenvalue weighted by molar-refractivity contribution is 7.88. The molecule has 3 N–H and O–H groups in total. The van der Waals surface area contributed by atoms with Crippen LogP contribution in [0.25, 0.3) is 0 Å². The van der Waals surface area contributed by atoms with Crippen molar-refractivity contribution in [1.82, 2.24) is 14.9 Å². The van der Waals surface area contributed by atoms with Gasteiger partial charge in [0.2, 0.25) is 15.9 Å². The van der Waals surface area contributed by atoms with Gasteiger partial charge < -0.3 is 20.7 Å². The Bertz CT molecular complexity index is 759. The number of urea groups is 1. The Hall–Kier alpha value is -2.33. The number of amides is 3. The fourth-order valence-electron chi connectivity index (χ4n) is 2.91. The summed E-state index contributed by atoms with van der Waals surface area (Å²) in [6.07, 6.45) is 2.61. The lowest BCUT2D eigenvalue weighted by molar-refractivity contribution is -0.115. The van der Waals surface area contributed by atoms with Crippen LogP contribution in [-0.2, 0) is 14.8 Å². The highest BCUT2D eigenvalue weighted by atomic mass is 32.2. The van der Waals surface area contributed by atoms with Crippen LogP contribution >= 0.6 is 0 Å². The summed E-state index contributed by atoms with van der Waals surface area (Å²) in [4.78, 5) is 23.8. The molecule has 10 heteroatoms. The standard InChI is InChI=1S/C18H28N4O5S/c1-3-27-16-6-4-15(5-7-16)21-17(23)13-20-18(24)19-12-14-8-10-22(11-9-14)28(2,25)26/h4-7,14H,3,8-13H2,1-2H3,(H,21,23)(H2,19,20,24). The molecule has 0 bridgehead atoms. The molecule has 1 saturated heterocycles. The minimum Gasteiger partial charge on any atom is -0.494 e. The zero-order valence-electron chi connectivity index (χ0n) is 16.2. The van der Waals surface area contributed by atoms with Gasteiger partial charge in [-0.1, -0.05) is 0 Å². The Labute approximate surface area is 165 Å². The molecule has 1 aromatic rings. The minimum atomic E-state index is -3.15. The molecule has 9 nitrogen and oxygen atoms in total. The molecule has 1 heterocycles. The van der Waals surface area contributed by atoms with Crippen LogP contribution in [0.15, 0.2) is 24.3 Å². The van der Waals surface area contributed by atoms with Crippen LogP contribution in [0, 0.1) is 5.92 Å². The fraction of sp³-hybridized carbons (Fsp3) is 0.556. The number of nitrogens with zero attached hydrogens (tertiary/aromatic N) is 1. The van der Waals surface area contributed by atoms with Gasteiger partial charge in [-0.25, -0.2) is 17.5 Å². The zero-order valence-corrected chi connectivity index (χ0v) is 17.0. The van der Waals surface area contributed by atoms with E-state index in [0.29, 0.717) is 44.8 Å². The third kappa shape index (κ3) is 7.35. The van der Waals surface area contributed by atoms with E-state index < -0.39 is 16.1 Å². The molecule has 2 rings (SSSR count). The van der Waals surface area contributed by atoms with Gasteiger partial charge in [0.25, 0.3) is 0 Å². The summed E-state index contributed by atoms with van der Waals surface area (Å²) in [5.41, 5.74) is 0.619. The van der Waals surface area contributed by atoms with Gasteiger partial charge in [0, 0.05) is 25.3 Å². The zero-order chi connectivity index (χ0) is 20.6. The summed E-state index contributed by atoms with van der Waals surface area (Å²) in [5, 5.41) is 7.94. The Morgan fingerprint density at radius 3 is 2.36 bits per heavy atom. The lowest BCUT2D eigenvalue weighted by Gasteiger charge is -2.30. The molecule has 0 spiro atoms. The van der Waals surface area contributed by atoms with Crippen molar-refractivity contribution in [2.75, 3.05) is 44.4 Å². The summed E-state index contributed by atoms with van der Waals surface area (Å²) in [7, 11) is -3.15. The molecule has 0 radical (unpaired) electrons. The van der Waals surface area contributed by atoms with Gasteiger partial charge in [0.1, 0.15) is 5.75 Å². The Morgan fingerprint density at radius 2 is 1.79 bits per heavy atom. The third-order valence-electron chi connectivity index (χ3n) is 4.45. The van der Waals surface area contributed by atoms with E-state index in [9.17, 15) is 18.0 Å².